The van der Waals surface area contributed by atoms with Crippen molar-refractivity contribution < 1.29 is 9.59 Å². The number of hydrogen-bond acceptors (Lipinski definition) is 4. The van der Waals surface area contributed by atoms with Crippen LogP contribution in [0, 0.1) is 0 Å². The summed E-state index contributed by atoms with van der Waals surface area (Å²) in [5.41, 5.74) is 1.23. The normalized spacial score (nSPS) is 17.1. The van der Waals surface area contributed by atoms with Gasteiger partial charge in [-0.3, -0.25) is 20.1 Å². The molecule has 1 aliphatic heterocycles. The first kappa shape index (κ1) is 13.5. The van der Waals surface area contributed by atoms with Gasteiger partial charge < -0.3 is 5.32 Å². The van der Waals surface area contributed by atoms with Crippen LogP contribution in [0.3, 0.4) is 0 Å². The van der Waals surface area contributed by atoms with E-state index in [2.05, 4.69) is 25.7 Å². The zero-order chi connectivity index (χ0) is 13.7. The first-order valence-corrected chi connectivity index (χ1v) is 6.41. The van der Waals surface area contributed by atoms with Gasteiger partial charge in [0, 0.05) is 13.2 Å². The topological polar surface area (TPSA) is 90.1 Å². The van der Waals surface area contributed by atoms with Gasteiger partial charge in [0.25, 0.3) is 0 Å². The SMILES string of the molecule is CNC(=O)NC(=O)CN1CCC(c2cn[nH]c2)CC1. The van der Waals surface area contributed by atoms with E-state index >= 15 is 0 Å². The molecule has 0 spiro atoms. The summed E-state index contributed by atoms with van der Waals surface area (Å²) in [6, 6.07) is -0.460. The third kappa shape index (κ3) is 3.78. The number of piperidine rings is 1. The van der Waals surface area contributed by atoms with Gasteiger partial charge in [-0.15, -0.1) is 0 Å². The van der Waals surface area contributed by atoms with Gasteiger partial charge in [-0.1, -0.05) is 0 Å². The molecule has 1 fully saturated rings. The fourth-order valence-corrected chi connectivity index (χ4v) is 2.34. The lowest BCUT2D eigenvalue weighted by atomic mass is 9.92. The van der Waals surface area contributed by atoms with Crippen molar-refractivity contribution in [1.82, 2.24) is 25.7 Å². The van der Waals surface area contributed by atoms with Gasteiger partial charge in [-0.2, -0.15) is 5.10 Å². The Morgan fingerprint density at radius 3 is 2.79 bits per heavy atom. The molecule has 3 amide bonds. The molecule has 0 atom stereocenters. The summed E-state index contributed by atoms with van der Waals surface area (Å²) in [7, 11) is 1.49. The molecule has 0 radical (unpaired) electrons. The van der Waals surface area contributed by atoms with Gasteiger partial charge >= 0.3 is 6.03 Å². The van der Waals surface area contributed by atoms with Gasteiger partial charge in [0.15, 0.2) is 0 Å². The molecule has 2 rings (SSSR count). The van der Waals surface area contributed by atoms with Crippen LogP contribution < -0.4 is 10.6 Å². The van der Waals surface area contributed by atoms with E-state index in [-0.39, 0.29) is 12.5 Å². The predicted molar refractivity (Wildman–Crippen MR) is 69.6 cm³/mol. The number of carbonyl (C=O) groups is 2. The lowest BCUT2D eigenvalue weighted by Crippen LogP contribution is -2.45. The van der Waals surface area contributed by atoms with Crippen molar-refractivity contribution in [2.75, 3.05) is 26.7 Å². The summed E-state index contributed by atoms with van der Waals surface area (Å²) in [6.45, 7) is 1.99. The number of rotatable bonds is 3. The molecule has 0 saturated carbocycles. The van der Waals surface area contributed by atoms with Crippen LogP contribution in [0.2, 0.25) is 0 Å². The lowest BCUT2D eigenvalue weighted by molar-refractivity contribution is -0.121. The van der Waals surface area contributed by atoms with E-state index in [1.54, 1.807) is 0 Å². The zero-order valence-corrected chi connectivity index (χ0v) is 11.0. The summed E-state index contributed by atoms with van der Waals surface area (Å²) >= 11 is 0. The highest BCUT2D eigenvalue weighted by Crippen LogP contribution is 2.26. The molecule has 19 heavy (non-hydrogen) atoms. The summed E-state index contributed by atoms with van der Waals surface area (Å²) in [4.78, 5) is 24.6. The van der Waals surface area contributed by atoms with Gasteiger partial charge in [-0.25, -0.2) is 4.79 Å². The van der Waals surface area contributed by atoms with Crippen LogP contribution in [-0.2, 0) is 4.79 Å². The summed E-state index contributed by atoms with van der Waals surface area (Å²) in [5, 5.41) is 11.4. The number of urea groups is 1. The Kier molecular flexibility index (Phi) is 4.51. The maximum Gasteiger partial charge on any atom is 0.321 e. The average Bonchev–Trinajstić information content (AvgIpc) is 2.93. The molecular weight excluding hydrogens is 246 g/mol. The molecular formula is C12H19N5O2. The number of carbonyl (C=O) groups excluding carboxylic acids is 2. The standard InChI is InChI=1S/C12H19N5O2/c1-13-12(19)16-11(18)8-17-4-2-9(3-5-17)10-6-14-15-7-10/h6-7,9H,2-5,8H2,1H3,(H,14,15)(H2,13,16,18,19). The summed E-state index contributed by atoms with van der Waals surface area (Å²) < 4.78 is 0. The Labute approximate surface area is 111 Å². The van der Waals surface area contributed by atoms with Crippen LogP contribution in [0.15, 0.2) is 12.4 Å². The Morgan fingerprint density at radius 2 is 2.21 bits per heavy atom. The number of amides is 3. The Bertz CT molecular complexity index is 423. The molecule has 1 aliphatic rings. The van der Waals surface area contributed by atoms with E-state index in [4.69, 9.17) is 0 Å². The van der Waals surface area contributed by atoms with Crippen LogP contribution in [0.1, 0.15) is 24.3 Å². The molecule has 1 saturated heterocycles. The molecule has 0 bridgehead atoms. The van der Waals surface area contributed by atoms with Crippen molar-refractivity contribution in [2.24, 2.45) is 0 Å². The van der Waals surface area contributed by atoms with Gasteiger partial charge in [-0.05, 0) is 37.4 Å². The molecule has 3 N–H and O–H groups in total. The van der Waals surface area contributed by atoms with Crippen LogP contribution >= 0.6 is 0 Å². The van der Waals surface area contributed by atoms with Crippen molar-refractivity contribution in [1.29, 1.82) is 0 Å². The van der Waals surface area contributed by atoms with E-state index in [1.807, 2.05) is 12.4 Å². The van der Waals surface area contributed by atoms with Gasteiger partial charge in [0.05, 0.1) is 12.7 Å². The number of aromatic amines is 1. The third-order valence-corrected chi connectivity index (χ3v) is 3.43. The number of H-pyrrole nitrogens is 1. The maximum absolute atomic E-state index is 11.6. The van der Waals surface area contributed by atoms with Crippen LogP contribution in [0.4, 0.5) is 4.79 Å². The molecule has 0 aliphatic carbocycles. The van der Waals surface area contributed by atoms with Crippen molar-refractivity contribution in [3.05, 3.63) is 18.0 Å². The van der Waals surface area contributed by atoms with Crippen molar-refractivity contribution >= 4 is 11.9 Å². The molecule has 7 heteroatoms. The first-order valence-electron chi connectivity index (χ1n) is 6.41. The Balaban J connectivity index is 1.74. The molecule has 1 aromatic rings. The highest BCUT2D eigenvalue weighted by atomic mass is 16.2. The minimum atomic E-state index is -0.460. The van der Waals surface area contributed by atoms with Crippen LogP contribution in [0.25, 0.3) is 0 Å². The third-order valence-electron chi connectivity index (χ3n) is 3.43. The molecule has 104 valence electrons. The van der Waals surface area contributed by atoms with Crippen molar-refractivity contribution in [2.45, 2.75) is 18.8 Å². The van der Waals surface area contributed by atoms with E-state index in [0.717, 1.165) is 25.9 Å². The zero-order valence-electron chi connectivity index (χ0n) is 11.0. The molecule has 0 aromatic carbocycles. The first-order chi connectivity index (χ1) is 9.19. The van der Waals surface area contributed by atoms with E-state index in [0.29, 0.717) is 5.92 Å². The average molecular weight is 265 g/mol. The minimum Gasteiger partial charge on any atom is -0.341 e. The second-order valence-corrected chi connectivity index (χ2v) is 4.71. The van der Waals surface area contributed by atoms with Crippen molar-refractivity contribution in [3.63, 3.8) is 0 Å². The number of aromatic nitrogens is 2. The molecule has 1 aromatic heterocycles. The number of nitrogens with zero attached hydrogens (tertiary/aromatic N) is 2. The van der Waals surface area contributed by atoms with Crippen LogP contribution in [0.5, 0.6) is 0 Å². The summed E-state index contributed by atoms with van der Waals surface area (Å²) in [6.07, 6.45) is 5.80. The highest BCUT2D eigenvalue weighted by Gasteiger charge is 2.22. The highest BCUT2D eigenvalue weighted by molar-refractivity contribution is 5.95. The molecule has 2 heterocycles. The van der Waals surface area contributed by atoms with Crippen LogP contribution in [-0.4, -0.2) is 53.7 Å². The van der Waals surface area contributed by atoms with Gasteiger partial charge in [0.1, 0.15) is 0 Å². The lowest BCUT2D eigenvalue weighted by Gasteiger charge is -2.30. The van der Waals surface area contributed by atoms with Crippen molar-refractivity contribution in [3.8, 4) is 0 Å². The van der Waals surface area contributed by atoms with E-state index in [1.165, 1.54) is 12.6 Å². The number of nitrogens with one attached hydrogen (secondary N) is 3. The number of likely N-dealkylation sites (tertiary alicyclic amines) is 1. The van der Waals surface area contributed by atoms with Gasteiger partial charge in [0.2, 0.25) is 5.91 Å². The number of hydrogen-bond donors (Lipinski definition) is 3. The molecule has 7 nitrogen and oxygen atoms in total. The fraction of sp³-hybridized carbons (Fsp3) is 0.583. The minimum absolute atomic E-state index is 0.263. The number of imide groups is 1. The quantitative estimate of drug-likeness (QED) is 0.720. The largest absolute Gasteiger partial charge is 0.341 e. The van der Waals surface area contributed by atoms with E-state index in [9.17, 15) is 9.59 Å². The Hall–Kier alpha value is -1.89. The monoisotopic (exact) mass is 265 g/mol. The smallest absolute Gasteiger partial charge is 0.321 e. The maximum atomic E-state index is 11.6. The predicted octanol–water partition coefficient (Wildman–Crippen LogP) is 0.0447. The fourth-order valence-electron chi connectivity index (χ4n) is 2.34. The Morgan fingerprint density at radius 1 is 1.47 bits per heavy atom. The van der Waals surface area contributed by atoms with E-state index < -0.39 is 6.03 Å². The second-order valence-electron chi connectivity index (χ2n) is 4.71. The second kappa shape index (κ2) is 6.33. The molecule has 0 unspecified atom stereocenters. The summed E-state index contributed by atoms with van der Waals surface area (Å²) in [5.74, 6) is 0.248.